The molecular weight excluding hydrogens is 351 g/mol. The highest BCUT2D eigenvalue weighted by atomic mass is 31.1. The van der Waals surface area contributed by atoms with Crippen LogP contribution in [0.15, 0.2) is 12.1 Å². The third kappa shape index (κ3) is 6.30. The summed E-state index contributed by atoms with van der Waals surface area (Å²) in [5, 5.41) is 1.25. The van der Waals surface area contributed by atoms with E-state index in [-0.39, 0.29) is 19.5 Å². The molecule has 1 aromatic rings. The zero-order valence-corrected chi connectivity index (χ0v) is 20.8. The molecule has 27 heavy (non-hydrogen) atoms. The fraction of sp³-hybridized carbons (Fsp3) is 0.739. The van der Waals surface area contributed by atoms with Gasteiger partial charge in [-0.25, -0.2) is 0 Å². The van der Waals surface area contributed by atoms with E-state index in [2.05, 4.69) is 95.2 Å². The van der Waals surface area contributed by atoms with E-state index in [1.54, 1.807) is 0 Å². The highest BCUT2D eigenvalue weighted by Crippen LogP contribution is 2.37. The fourth-order valence-electron chi connectivity index (χ4n) is 3.99. The molecule has 154 valence electrons. The molecular formula is C23H42BFNP. The Kier molecular flexibility index (Phi) is 8.17. The van der Waals surface area contributed by atoms with Crippen molar-refractivity contribution in [1.82, 2.24) is 4.81 Å². The maximum absolute atomic E-state index is 15.8. The van der Waals surface area contributed by atoms with Crippen molar-refractivity contribution in [3.8, 4) is 0 Å². The Morgan fingerprint density at radius 3 is 1.41 bits per heavy atom. The van der Waals surface area contributed by atoms with Crippen molar-refractivity contribution in [2.24, 2.45) is 0 Å². The van der Waals surface area contributed by atoms with Crippen LogP contribution in [0.4, 0.5) is 4.32 Å². The molecule has 0 aliphatic carbocycles. The second kappa shape index (κ2) is 8.96. The van der Waals surface area contributed by atoms with Crippen LogP contribution in [0.1, 0.15) is 118 Å². The summed E-state index contributed by atoms with van der Waals surface area (Å²) in [4.78, 5) is 2.04. The van der Waals surface area contributed by atoms with Crippen LogP contribution in [0.3, 0.4) is 0 Å². The van der Waals surface area contributed by atoms with E-state index in [0.717, 1.165) is 0 Å². The van der Waals surface area contributed by atoms with Crippen LogP contribution < -0.4 is 5.30 Å². The molecule has 1 atom stereocenters. The van der Waals surface area contributed by atoms with Crippen molar-refractivity contribution in [1.29, 1.82) is 0 Å². The molecule has 1 unspecified atom stereocenters. The van der Waals surface area contributed by atoms with E-state index >= 15 is 4.32 Å². The summed E-state index contributed by atoms with van der Waals surface area (Å²) in [6.45, 7) is 25.1. The van der Waals surface area contributed by atoms with Gasteiger partial charge in [0.15, 0.2) is 0 Å². The van der Waals surface area contributed by atoms with E-state index in [4.69, 9.17) is 0 Å². The summed E-state index contributed by atoms with van der Waals surface area (Å²) in [7, 11) is 0.138. The molecule has 0 radical (unpaired) electrons. The molecule has 0 heterocycles. The van der Waals surface area contributed by atoms with Gasteiger partial charge in [0.05, 0.1) is 0 Å². The highest BCUT2D eigenvalue weighted by molar-refractivity contribution is 7.80. The van der Waals surface area contributed by atoms with Crippen molar-refractivity contribution in [3.05, 3.63) is 28.8 Å². The monoisotopic (exact) mass is 393 g/mol. The molecule has 0 saturated carbocycles. The molecule has 0 aliphatic rings. The molecule has 0 spiro atoms. The summed E-state index contributed by atoms with van der Waals surface area (Å²) in [5.41, 5.74) is 3.58. The topological polar surface area (TPSA) is 3.24 Å². The smallest absolute Gasteiger partial charge is 0.304 e. The lowest BCUT2D eigenvalue weighted by atomic mass is 9.88. The zero-order chi connectivity index (χ0) is 21.3. The Bertz CT molecular complexity index is 583. The van der Waals surface area contributed by atoms with Crippen LogP contribution in [0, 0.1) is 0 Å². The first-order valence-corrected chi connectivity index (χ1v) is 11.5. The minimum absolute atomic E-state index is 0.138. The lowest BCUT2D eigenvalue weighted by Crippen LogP contribution is -2.57. The molecule has 0 aromatic heterocycles. The number of rotatable bonds is 6. The second-order valence-corrected chi connectivity index (χ2v) is 12.0. The number of halogens is 1. The summed E-state index contributed by atoms with van der Waals surface area (Å²) in [6, 6.07) is 4.66. The zero-order valence-electron chi connectivity index (χ0n) is 19.8. The lowest BCUT2D eigenvalue weighted by molar-refractivity contribution is 0.128. The SMILES string of the molecule is CC(C)c1cc(C(C)C)c(PB(F)N(C(C)(C)C)C(C)(C)C)c(C(C)C)c1. The van der Waals surface area contributed by atoms with Crippen LogP contribution in [-0.2, 0) is 0 Å². The van der Waals surface area contributed by atoms with Crippen molar-refractivity contribution < 1.29 is 4.32 Å². The number of hydrogen-bond acceptors (Lipinski definition) is 1. The minimum Gasteiger partial charge on any atom is -0.304 e. The van der Waals surface area contributed by atoms with E-state index in [1.165, 1.54) is 22.0 Å². The molecule has 1 nitrogen and oxygen atoms in total. The third-order valence-corrected chi connectivity index (χ3v) is 6.43. The van der Waals surface area contributed by atoms with E-state index in [0.29, 0.717) is 17.8 Å². The molecule has 0 N–H and O–H groups in total. The van der Waals surface area contributed by atoms with Gasteiger partial charge in [0.25, 0.3) is 0 Å². The molecule has 0 fully saturated rings. The number of nitrogens with zero attached hydrogens (tertiary/aromatic N) is 1. The van der Waals surface area contributed by atoms with Gasteiger partial charge < -0.3 is 4.32 Å². The van der Waals surface area contributed by atoms with Crippen LogP contribution in [0.25, 0.3) is 0 Å². The van der Waals surface area contributed by atoms with E-state index in [1.807, 2.05) is 4.81 Å². The molecule has 0 amide bonds. The van der Waals surface area contributed by atoms with Crippen molar-refractivity contribution in [3.63, 3.8) is 0 Å². The standard InChI is InChI=1S/C23H42BFNP/c1-15(2)18-13-19(16(3)4)21(20(14-18)17(5)6)27-24(25)26(22(7,8)9)23(10,11)12/h13-17,27H,1-12H3. The Balaban J connectivity index is 3.51. The predicted octanol–water partition coefficient (Wildman–Crippen LogP) is 7.21. The lowest BCUT2D eigenvalue weighted by Gasteiger charge is -2.46. The van der Waals surface area contributed by atoms with Crippen molar-refractivity contribution >= 4 is 20.6 Å². The Morgan fingerprint density at radius 2 is 1.15 bits per heavy atom. The van der Waals surface area contributed by atoms with Gasteiger partial charge in [-0.2, -0.15) is 0 Å². The quantitative estimate of drug-likeness (QED) is 0.364. The van der Waals surface area contributed by atoms with Crippen molar-refractivity contribution in [2.75, 3.05) is 0 Å². The maximum atomic E-state index is 15.8. The third-order valence-electron chi connectivity index (χ3n) is 5.07. The first kappa shape index (κ1) is 24.6. The van der Waals surface area contributed by atoms with Gasteiger partial charge in [0.2, 0.25) is 0 Å². The van der Waals surface area contributed by atoms with Gasteiger partial charge >= 0.3 is 6.84 Å². The summed E-state index contributed by atoms with van der Waals surface area (Å²) < 4.78 is 15.8. The summed E-state index contributed by atoms with van der Waals surface area (Å²) >= 11 is 0. The Hall–Kier alpha value is -0.395. The summed E-state index contributed by atoms with van der Waals surface area (Å²) in [5.74, 6) is 1.28. The fourth-order valence-corrected chi connectivity index (χ4v) is 6.19. The maximum Gasteiger partial charge on any atom is 0.459 e. The van der Waals surface area contributed by atoms with Gasteiger partial charge in [-0.15, -0.1) is 0 Å². The average molecular weight is 393 g/mol. The van der Waals surface area contributed by atoms with Crippen LogP contribution in [0.5, 0.6) is 0 Å². The highest BCUT2D eigenvalue weighted by Gasteiger charge is 2.41. The Labute approximate surface area is 170 Å². The van der Waals surface area contributed by atoms with E-state index in [9.17, 15) is 0 Å². The molecule has 4 heteroatoms. The average Bonchev–Trinajstić information content (AvgIpc) is 2.42. The van der Waals surface area contributed by atoms with E-state index < -0.39 is 6.84 Å². The first-order chi connectivity index (χ1) is 12.1. The number of benzene rings is 1. The molecule has 0 bridgehead atoms. The van der Waals surface area contributed by atoms with Gasteiger partial charge in [-0.1, -0.05) is 62.1 Å². The molecule has 0 saturated heterocycles. The van der Waals surface area contributed by atoms with Gasteiger partial charge in [-0.3, -0.25) is 4.81 Å². The molecule has 1 rings (SSSR count). The second-order valence-electron chi connectivity index (χ2n) is 10.7. The van der Waals surface area contributed by atoms with Crippen LogP contribution >= 0.6 is 8.46 Å². The summed E-state index contributed by atoms with van der Waals surface area (Å²) in [6.07, 6.45) is 0. The van der Waals surface area contributed by atoms with Crippen molar-refractivity contribution in [2.45, 2.75) is 112 Å². The molecule has 0 aliphatic heterocycles. The number of hydrogen-bond donors (Lipinski definition) is 0. The van der Waals surface area contributed by atoms with Gasteiger partial charge in [0, 0.05) is 11.1 Å². The van der Waals surface area contributed by atoms with Crippen LogP contribution in [-0.4, -0.2) is 22.7 Å². The normalized spacial score (nSPS) is 13.8. The largest absolute Gasteiger partial charge is 0.459 e. The predicted molar refractivity (Wildman–Crippen MR) is 125 cm³/mol. The van der Waals surface area contributed by atoms with Gasteiger partial charge in [0.1, 0.15) is 0 Å². The van der Waals surface area contributed by atoms with Gasteiger partial charge in [-0.05, 0) is 81.3 Å². The Morgan fingerprint density at radius 1 is 0.778 bits per heavy atom. The molecule has 1 aromatic carbocycles. The minimum atomic E-state index is -0.982. The first-order valence-electron chi connectivity index (χ1n) is 10.4. The van der Waals surface area contributed by atoms with Crippen LogP contribution in [0.2, 0.25) is 0 Å².